The zero-order valence-electron chi connectivity index (χ0n) is 15.9. The Balaban J connectivity index is 1.66. The fraction of sp³-hybridized carbons (Fsp3) is 0.273. The lowest BCUT2D eigenvalue weighted by Crippen LogP contribution is -2.17. The Morgan fingerprint density at radius 3 is 2.48 bits per heavy atom. The number of pyridine rings is 1. The number of aromatic amines is 1. The molecule has 3 aromatic rings. The maximum atomic E-state index is 12.3. The fourth-order valence-electron chi connectivity index (χ4n) is 2.98. The van der Waals surface area contributed by atoms with Gasteiger partial charge in [0.1, 0.15) is 5.75 Å². The Hall–Kier alpha value is -3.08. The summed E-state index contributed by atoms with van der Waals surface area (Å²) in [6.07, 6.45) is 0.633. The molecule has 0 saturated carbocycles. The van der Waals surface area contributed by atoms with Crippen molar-refractivity contribution < 1.29 is 9.53 Å². The van der Waals surface area contributed by atoms with Crippen LogP contribution >= 0.6 is 0 Å². The molecule has 3 rings (SSSR count). The summed E-state index contributed by atoms with van der Waals surface area (Å²) in [6.45, 7) is 6.59. The molecule has 0 radical (unpaired) electrons. The molecule has 5 nitrogen and oxygen atoms in total. The van der Waals surface area contributed by atoms with E-state index in [4.69, 9.17) is 4.74 Å². The molecule has 140 valence electrons. The summed E-state index contributed by atoms with van der Waals surface area (Å²) in [5.41, 5.74) is 4.33. The van der Waals surface area contributed by atoms with Gasteiger partial charge in [-0.2, -0.15) is 0 Å². The van der Waals surface area contributed by atoms with E-state index < -0.39 is 0 Å². The second-order valence-electron chi connectivity index (χ2n) is 6.65. The van der Waals surface area contributed by atoms with Crippen LogP contribution in [0.2, 0.25) is 0 Å². The first-order valence-corrected chi connectivity index (χ1v) is 9.12. The molecule has 0 bridgehead atoms. The van der Waals surface area contributed by atoms with Gasteiger partial charge >= 0.3 is 0 Å². The predicted molar refractivity (Wildman–Crippen MR) is 109 cm³/mol. The summed E-state index contributed by atoms with van der Waals surface area (Å²) in [5.74, 6) is 0.641. The smallest absolute Gasteiger partial charge is 0.251 e. The van der Waals surface area contributed by atoms with Crippen LogP contribution in [-0.2, 0) is 11.2 Å². The molecule has 0 spiro atoms. The van der Waals surface area contributed by atoms with Gasteiger partial charge in [-0.25, -0.2) is 0 Å². The highest BCUT2D eigenvalue weighted by Gasteiger charge is 2.08. The van der Waals surface area contributed by atoms with Crippen molar-refractivity contribution in [3.05, 3.63) is 69.5 Å². The van der Waals surface area contributed by atoms with Gasteiger partial charge in [0, 0.05) is 23.2 Å². The molecule has 1 amide bonds. The minimum atomic E-state index is -0.139. The van der Waals surface area contributed by atoms with Gasteiger partial charge < -0.3 is 15.0 Å². The van der Waals surface area contributed by atoms with Crippen LogP contribution in [0.4, 0.5) is 5.69 Å². The lowest BCUT2D eigenvalue weighted by atomic mass is 10.0. The third kappa shape index (κ3) is 4.56. The molecule has 2 aromatic carbocycles. The lowest BCUT2D eigenvalue weighted by molar-refractivity contribution is -0.116. The van der Waals surface area contributed by atoms with Crippen molar-refractivity contribution in [3.63, 3.8) is 0 Å². The lowest BCUT2D eigenvalue weighted by Gasteiger charge is -2.08. The maximum absolute atomic E-state index is 12.3. The summed E-state index contributed by atoms with van der Waals surface area (Å²) >= 11 is 0. The third-order valence-electron chi connectivity index (χ3n) is 4.61. The van der Waals surface area contributed by atoms with Gasteiger partial charge in [0.25, 0.3) is 5.56 Å². The Morgan fingerprint density at radius 1 is 1.07 bits per heavy atom. The van der Waals surface area contributed by atoms with Gasteiger partial charge in [-0.15, -0.1) is 0 Å². The number of fused-ring (bicyclic) bond motifs is 1. The monoisotopic (exact) mass is 364 g/mol. The Morgan fingerprint density at radius 2 is 1.78 bits per heavy atom. The van der Waals surface area contributed by atoms with E-state index in [1.54, 1.807) is 12.1 Å². The number of amides is 1. The number of hydrogen-bond donors (Lipinski definition) is 2. The number of ether oxygens (including phenoxy) is 1. The maximum Gasteiger partial charge on any atom is 0.251 e. The zero-order chi connectivity index (χ0) is 19.4. The van der Waals surface area contributed by atoms with Gasteiger partial charge in [0.05, 0.1) is 6.61 Å². The van der Waals surface area contributed by atoms with Crippen molar-refractivity contribution in [2.45, 2.75) is 33.6 Å². The first-order chi connectivity index (χ1) is 13.0. The third-order valence-corrected chi connectivity index (χ3v) is 4.61. The molecule has 27 heavy (non-hydrogen) atoms. The van der Waals surface area contributed by atoms with Gasteiger partial charge in [-0.3, -0.25) is 9.59 Å². The van der Waals surface area contributed by atoms with E-state index in [2.05, 4.69) is 16.4 Å². The molecule has 0 aliphatic rings. The number of anilines is 1. The number of benzene rings is 2. The van der Waals surface area contributed by atoms with Crippen molar-refractivity contribution in [1.29, 1.82) is 0 Å². The number of hydrogen-bond acceptors (Lipinski definition) is 3. The van der Waals surface area contributed by atoms with Gasteiger partial charge in [-0.1, -0.05) is 0 Å². The number of aryl methyl sites for hydroxylation is 3. The standard InChI is InChI=1S/C22H24N2O3/c1-4-27-19-8-6-18(7-9-19)23-21(25)10-5-16-13-17-11-14(2)15(3)12-20(17)24-22(16)26/h6-9,11-13H,4-5,10H2,1-3H3,(H,23,25)(H,24,26). The number of rotatable bonds is 6. The second-order valence-corrected chi connectivity index (χ2v) is 6.65. The normalized spacial score (nSPS) is 10.8. The van der Waals surface area contributed by atoms with Crippen molar-refractivity contribution in [2.75, 3.05) is 11.9 Å². The number of carbonyl (C=O) groups excluding carboxylic acids is 1. The highest BCUT2D eigenvalue weighted by atomic mass is 16.5. The van der Waals surface area contributed by atoms with Crippen molar-refractivity contribution >= 4 is 22.5 Å². The Bertz CT molecular complexity index is 1020. The van der Waals surface area contributed by atoms with Gasteiger partial charge in [-0.05, 0) is 86.2 Å². The first-order valence-electron chi connectivity index (χ1n) is 9.12. The summed E-state index contributed by atoms with van der Waals surface area (Å²) in [5, 5.41) is 3.83. The zero-order valence-corrected chi connectivity index (χ0v) is 15.9. The van der Waals surface area contributed by atoms with Crippen LogP contribution in [0.1, 0.15) is 30.0 Å². The van der Waals surface area contributed by atoms with Crippen LogP contribution in [0.25, 0.3) is 10.9 Å². The van der Waals surface area contributed by atoms with Crippen LogP contribution < -0.4 is 15.6 Å². The van der Waals surface area contributed by atoms with E-state index in [1.807, 2.05) is 45.0 Å². The van der Waals surface area contributed by atoms with Crippen molar-refractivity contribution in [1.82, 2.24) is 4.98 Å². The molecule has 0 atom stereocenters. The summed E-state index contributed by atoms with van der Waals surface area (Å²) in [6, 6.07) is 13.2. The van der Waals surface area contributed by atoms with Crippen LogP contribution in [0.5, 0.6) is 5.75 Å². The van der Waals surface area contributed by atoms with Gasteiger partial charge in [0.2, 0.25) is 5.91 Å². The number of H-pyrrole nitrogens is 1. The average Bonchev–Trinajstić information content (AvgIpc) is 2.63. The van der Waals surface area contributed by atoms with E-state index in [0.717, 1.165) is 22.2 Å². The molecule has 5 heteroatoms. The number of carbonyl (C=O) groups is 1. The van der Waals surface area contributed by atoms with Crippen LogP contribution in [0.3, 0.4) is 0 Å². The molecule has 0 fully saturated rings. The predicted octanol–water partition coefficient (Wildman–Crippen LogP) is 4.11. The van der Waals surface area contributed by atoms with E-state index in [1.165, 1.54) is 5.56 Å². The van der Waals surface area contributed by atoms with E-state index in [0.29, 0.717) is 24.3 Å². The minimum absolute atomic E-state index is 0.126. The van der Waals surface area contributed by atoms with Crippen molar-refractivity contribution in [2.24, 2.45) is 0 Å². The Labute approximate surface area is 158 Å². The summed E-state index contributed by atoms with van der Waals surface area (Å²) in [7, 11) is 0. The quantitative estimate of drug-likeness (QED) is 0.691. The minimum Gasteiger partial charge on any atom is -0.494 e. The number of nitrogens with one attached hydrogen (secondary N) is 2. The molecule has 1 aromatic heterocycles. The first kappa shape index (κ1) is 18.7. The fourth-order valence-corrected chi connectivity index (χ4v) is 2.98. The van der Waals surface area contributed by atoms with Crippen molar-refractivity contribution in [3.8, 4) is 5.75 Å². The summed E-state index contributed by atoms with van der Waals surface area (Å²) in [4.78, 5) is 27.4. The van der Waals surface area contributed by atoms with Crippen LogP contribution in [0.15, 0.2) is 47.3 Å². The van der Waals surface area contributed by atoms with Crippen LogP contribution in [-0.4, -0.2) is 17.5 Å². The molecule has 0 unspecified atom stereocenters. The number of aromatic nitrogens is 1. The second kappa shape index (κ2) is 8.08. The van der Waals surface area contributed by atoms with E-state index in [-0.39, 0.29) is 17.9 Å². The highest BCUT2D eigenvalue weighted by molar-refractivity contribution is 5.91. The topological polar surface area (TPSA) is 71.2 Å². The molecular formula is C22H24N2O3. The highest BCUT2D eigenvalue weighted by Crippen LogP contribution is 2.18. The largest absolute Gasteiger partial charge is 0.494 e. The van der Waals surface area contributed by atoms with E-state index in [9.17, 15) is 9.59 Å². The SMILES string of the molecule is CCOc1ccc(NC(=O)CCc2cc3cc(C)c(C)cc3[nH]c2=O)cc1. The van der Waals surface area contributed by atoms with Gasteiger partial charge in [0.15, 0.2) is 0 Å². The Kier molecular flexibility index (Phi) is 5.60. The van der Waals surface area contributed by atoms with E-state index >= 15 is 0 Å². The molecule has 0 aliphatic heterocycles. The molecule has 0 aliphatic carbocycles. The van der Waals surface area contributed by atoms with Crippen LogP contribution in [0, 0.1) is 13.8 Å². The molecule has 0 saturated heterocycles. The molecular weight excluding hydrogens is 340 g/mol. The average molecular weight is 364 g/mol. The molecule has 1 heterocycles. The molecule has 2 N–H and O–H groups in total. The summed E-state index contributed by atoms with van der Waals surface area (Å²) < 4.78 is 5.38.